The van der Waals surface area contributed by atoms with Crippen molar-refractivity contribution in [3.8, 4) is 5.75 Å². The van der Waals surface area contributed by atoms with E-state index in [0.29, 0.717) is 5.56 Å². The van der Waals surface area contributed by atoms with Crippen molar-refractivity contribution < 1.29 is 18.6 Å². The van der Waals surface area contributed by atoms with Gasteiger partial charge in [-0.25, -0.2) is 8.42 Å². The van der Waals surface area contributed by atoms with Crippen LogP contribution in [0.15, 0.2) is 17.0 Å². The Balaban J connectivity index is 3.56. The number of rotatable bonds is 2. The van der Waals surface area contributed by atoms with Gasteiger partial charge in [0.2, 0.25) is 0 Å². The molecule has 5 heteroatoms. The molecule has 0 aromatic heterocycles. The fraction of sp³-hybridized carbons (Fsp3) is 0.400. The van der Waals surface area contributed by atoms with Gasteiger partial charge in [0, 0.05) is 11.8 Å². The van der Waals surface area contributed by atoms with Gasteiger partial charge < -0.3 is 10.2 Å². The summed E-state index contributed by atoms with van der Waals surface area (Å²) in [6.45, 7) is 3.06. The van der Waals surface area contributed by atoms with Crippen LogP contribution in [0.3, 0.4) is 0 Å². The number of benzene rings is 1. The molecule has 0 radical (unpaired) electrons. The number of aliphatic hydroxyl groups excluding tert-OH is 1. The lowest BCUT2D eigenvalue weighted by Gasteiger charge is -2.12. The van der Waals surface area contributed by atoms with Gasteiger partial charge in [0.1, 0.15) is 5.75 Å². The lowest BCUT2D eigenvalue weighted by Crippen LogP contribution is -2.05. The molecular formula is C10H14O4S. The van der Waals surface area contributed by atoms with Crippen molar-refractivity contribution in [1.82, 2.24) is 0 Å². The summed E-state index contributed by atoms with van der Waals surface area (Å²) in [5.41, 5.74) is 0.695. The Kier molecular flexibility index (Phi) is 3.06. The van der Waals surface area contributed by atoms with Crippen molar-refractivity contribution in [2.45, 2.75) is 24.8 Å². The molecule has 1 aromatic carbocycles. The first-order valence-corrected chi connectivity index (χ1v) is 6.34. The number of aliphatic hydroxyl groups is 1. The smallest absolute Gasteiger partial charge is 0.175 e. The lowest BCUT2D eigenvalue weighted by atomic mass is 10.1. The molecule has 1 atom stereocenters. The van der Waals surface area contributed by atoms with Gasteiger partial charge in [-0.2, -0.15) is 0 Å². The van der Waals surface area contributed by atoms with Crippen molar-refractivity contribution in [3.05, 3.63) is 23.3 Å². The van der Waals surface area contributed by atoms with Gasteiger partial charge >= 0.3 is 0 Å². The molecule has 0 saturated carbocycles. The average Bonchev–Trinajstić information content (AvgIpc) is 2.06. The van der Waals surface area contributed by atoms with E-state index in [1.54, 1.807) is 6.92 Å². The monoisotopic (exact) mass is 230 g/mol. The van der Waals surface area contributed by atoms with Gasteiger partial charge in [0.05, 0.1) is 11.0 Å². The maximum atomic E-state index is 11.4. The Morgan fingerprint density at radius 2 is 1.87 bits per heavy atom. The van der Waals surface area contributed by atoms with Gasteiger partial charge in [-0.3, -0.25) is 0 Å². The minimum absolute atomic E-state index is 0.0155. The zero-order chi connectivity index (χ0) is 11.8. The van der Waals surface area contributed by atoms with Crippen LogP contribution in [-0.2, 0) is 9.84 Å². The standard InChI is InChI=1S/C10H14O4S/c1-6-4-10(15(3,13)14)8(7(2)11)5-9(6)12/h4-5,7,11-12H,1-3H3. The number of hydrogen-bond acceptors (Lipinski definition) is 4. The minimum Gasteiger partial charge on any atom is -0.508 e. The number of sulfone groups is 1. The van der Waals surface area contributed by atoms with Gasteiger partial charge in [0.15, 0.2) is 9.84 Å². The van der Waals surface area contributed by atoms with Crippen LogP contribution < -0.4 is 0 Å². The van der Waals surface area contributed by atoms with E-state index in [2.05, 4.69) is 0 Å². The second-order valence-corrected chi connectivity index (χ2v) is 5.61. The molecule has 0 aliphatic heterocycles. The molecule has 0 heterocycles. The van der Waals surface area contributed by atoms with Crippen molar-refractivity contribution in [3.63, 3.8) is 0 Å². The van der Waals surface area contributed by atoms with E-state index in [-0.39, 0.29) is 16.2 Å². The van der Waals surface area contributed by atoms with Crippen molar-refractivity contribution in [2.24, 2.45) is 0 Å². The second-order valence-electron chi connectivity index (χ2n) is 3.62. The van der Waals surface area contributed by atoms with Gasteiger partial charge in [0.25, 0.3) is 0 Å². The predicted octanol–water partition coefficient (Wildman–Crippen LogP) is 1.16. The highest BCUT2D eigenvalue weighted by Crippen LogP contribution is 2.29. The van der Waals surface area contributed by atoms with Crippen LogP contribution in [-0.4, -0.2) is 24.9 Å². The van der Waals surface area contributed by atoms with Crippen molar-refractivity contribution in [1.29, 1.82) is 0 Å². The number of phenols is 1. The second kappa shape index (κ2) is 3.83. The molecule has 0 aliphatic rings. The summed E-state index contributed by atoms with van der Waals surface area (Å²) in [5.74, 6) is -0.0155. The van der Waals surface area contributed by atoms with Crippen LogP contribution in [0.4, 0.5) is 0 Å². The first kappa shape index (κ1) is 12.0. The first-order valence-electron chi connectivity index (χ1n) is 4.45. The zero-order valence-electron chi connectivity index (χ0n) is 8.85. The topological polar surface area (TPSA) is 74.6 Å². The van der Waals surface area contributed by atoms with E-state index in [1.165, 1.54) is 19.1 Å². The fourth-order valence-electron chi connectivity index (χ4n) is 1.33. The summed E-state index contributed by atoms with van der Waals surface area (Å²) in [6, 6.07) is 2.66. The molecule has 0 spiro atoms. The van der Waals surface area contributed by atoms with Crippen LogP contribution >= 0.6 is 0 Å². The Hall–Kier alpha value is -1.07. The lowest BCUT2D eigenvalue weighted by molar-refractivity contribution is 0.195. The maximum absolute atomic E-state index is 11.4. The maximum Gasteiger partial charge on any atom is 0.175 e. The summed E-state index contributed by atoms with van der Waals surface area (Å²) in [7, 11) is -3.39. The fourth-order valence-corrected chi connectivity index (χ4v) is 2.38. The highest BCUT2D eigenvalue weighted by atomic mass is 32.2. The Morgan fingerprint density at radius 3 is 2.27 bits per heavy atom. The quantitative estimate of drug-likeness (QED) is 0.799. The first-order chi connectivity index (χ1) is 6.73. The van der Waals surface area contributed by atoms with Gasteiger partial charge in [-0.15, -0.1) is 0 Å². The van der Waals surface area contributed by atoms with E-state index in [9.17, 15) is 18.6 Å². The normalized spacial score (nSPS) is 13.9. The predicted molar refractivity (Wildman–Crippen MR) is 56.6 cm³/mol. The number of phenolic OH excluding ortho intramolecular Hbond substituents is 1. The van der Waals surface area contributed by atoms with Gasteiger partial charge in [-0.05, 0) is 31.5 Å². The minimum atomic E-state index is -3.39. The van der Waals surface area contributed by atoms with Crippen molar-refractivity contribution >= 4 is 9.84 Å². The van der Waals surface area contributed by atoms with E-state index in [0.717, 1.165) is 6.26 Å². The average molecular weight is 230 g/mol. The highest BCUT2D eigenvalue weighted by molar-refractivity contribution is 7.90. The van der Waals surface area contributed by atoms with E-state index in [4.69, 9.17) is 0 Å². The third kappa shape index (κ3) is 2.49. The largest absolute Gasteiger partial charge is 0.508 e. The summed E-state index contributed by atoms with van der Waals surface area (Å²) < 4.78 is 22.9. The van der Waals surface area contributed by atoms with Crippen LogP contribution in [0.1, 0.15) is 24.2 Å². The molecule has 1 rings (SSSR count). The molecule has 4 nitrogen and oxygen atoms in total. The molecule has 15 heavy (non-hydrogen) atoms. The molecule has 2 N–H and O–H groups in total. The third-order valence-corrected chi connectivity index (χ3v) is 3.33. The van der Waals surface area contributed by atoms with E-state index >= 15 is 0 Å². The van der Waals surface area contributed by atoms with Crippen molar-refractivity contribution in [2.75, 3.05) is 6.26 Å². The van der Waals surface area contributed by atoms with Crippen LogP contribution in [0, 0.1) is 6.92 Å². The van der Waals surface area contributed by atoms with E-state index < -0.39 is 15.9 Å². The summed E-state index contributed by atoms with van der Waals surface area (Å²) >= 11 is 0. The number of hydrogen-bond donors (Lipinski definition) is 2. The number of aromatic hydroxyl groups is 1. The molecule has 0 amide bonds. The molecule has 0 aliphatic carbocycles. The summed E-state index contributed by atoms with van der Waals surface area (Å²) in [4.78, 5) is 0.0628. The Labute approximate surface area is 89.1 Å². The molecule has 1 unspecified atom stereocenters. The van der Waals surface area contributed by atoms with Gasteiger partial charge in [-0.1, -0.05) is 0 Å². The highest BCUT2D eigenvalue weighted by Gasteiger charge is 2.18. The molecule has 0 fully saturated rings. The van der Waals surface area contributed by atoms with Crippen LogP contribution in [0.5, 0.6) is 5.75 Å². The Bertz CT molecular complexity index is 474. The van der Waals surface area contributed by atoms with E-state index in [1.807, 2.05) is 0 Å². The molecule has 0 bridgehead atoms. The molecule has 0 saturated heterocycles. The molecule has 84 valence electrons. The molecular weight excluding hydrogens is 216 g/mol. The summed E-state index contributed by atoms with van der Waals surface area (Å²) in [6.07, 6.45) is 0.145. The zero-order valence-corrected chi connectivity index (χ0v) is 9.67. The number of aryl methyl sites for hydroxylation is 1. The Morgan fingerprint density at radius 1 is 1.33 bits per heavy atom. The third-order valence-electron chi connectivity index (χ3n) is 2.18. The van der Waals surface area contributed by atoms with Crippen LogP contribution in [0.25, 0.3) is 0 Å². The SMILES string of the molecule is Cc1cc(S(C)(=O)=O)c(C(C)O)cc1O. The molecule has 1 aromatic rings. The summed E-state index contributed by atoms with van der Waals surface area (Å²) in [5, 5.41) is 18.8. The van der Waals surface area contributed by atoms with Crippen LogP contribution in [0.2, 0.25) is 0 Å².